The Labute approximate surface area is 124 Å². The molecule has 1 fully saturated rings. The van der Waals surface area contributed by atoms with E-state index < -0.39 is 0 Å². The van der Waals surface area contributed by atoms with Gasteiger partial charge in [-0.3, -0.25) is 4.79 Å². The highest BCUT2D eigenvalue weighted by molar-refractivity contribution is 6.03. The van der Waals surface area contributed by atoms with Gasteiger partial charge in [0.05, 0.1) is 5.56 Å². The SMILES string of the molecule is CC1CC(NC(=O)c2ccc3ccccc3c2O)CCN1. The molecule has 4 heteroatoms. The zero-order valence-electron chi connectivity index (χ0n) is 12.1. The first-order valence-electron chi connectivity index (χ1n) is 7.40. The fourth-order valence-corrected chi connectivity index (χ4v) is 2.96. The first kappa shape index (κ1) is 13.9. The van der Waals surface area contributed by atoms with Gasteiger partial charge in [-0.2, -0.15) is 0 Å². The largest absolute Gasteiger partial charge is 0.506 e. The number of piperidine rings is 1. The van der Waals surface area contributed by atoms with Gasteiger partial charge in [-0.1, -0.05) is 30.3 Å². The van der Waals surface area contributed by atoms with Crippen LogP contribution in [0.25, 0.3) is 10.8 Å². The van der Waals surface area contributed by atoms with E-state index in [9.17, 15) is 9.90 Å². The number of phenolic OH excluding ortho intramolecular Hbond substituents is 1. The second-order valence-electron chi connectivity index (χ2n) is 5.73. The third kappa shape index (κ3) is 2.85. The number of aromatic hydroxyl groups is 1. The highest BCUT2D eigenvalue weighted by Gasteiger charge is 2.22. The molecule has 4 nitrogen and oxygen atoms in total. The summed E-state index contributed by atoms with van der Waals surface area (Å²) in [5.74, 6) is -0.134. The predicted molar refractivity (Wildman–Crippen MR) is 83.6 cm³/mol. The molecule has 0 aliphatic carbocycles. The van der Waals surface area contributed by atoms with Crippen LogP contribution < -0.4 is 10.6 Å². The van der Waals surface area contributed by atoms with Gasteiger partial charge in [0.25, 0.3) is 5.91 Å². The number of carbonyl (C=O) groups is 1. The van der Waals surface area contributed by atoms with Crippen molar-refractivity contribution in [3.05, 3.63) is 42.0 Å². The summed E-state index contributed by atoms with van der Waals surface area (Å²) in [5.41, 5.74) is 0.347. The number of carbonyl (C=O) groups excluding carboxylic acids is 1. The topological polar surface area (TPSA) is 61.4 Å². The van der Waals surface area contributed by atoms with Crippen molar-refractivity contribution >= 4 is 16.7 Å². The number of benzene rings is 2. The molecule has 0 radical (unpaired) electrons. The van der Waals surface area contributed by atoms with Crippen LogP contribution in [0, 0.1) is 0 Å². The zero-order valence-corrected chi connectivity index (χ0v) is 12.1. The summed E-state index contributed by atoms with van der Waals surface area (Å²) in [6.45, 7) is 3.03. The van der Waals surface area contributed by atoms with Crippen LogP contribution in [-0.4, -0.2) is 29.6 Å². The number of phenols is 1. The number of amides is 1. The minimum Gasteiger partial charge on any atom is -0.506 e. The van der Waals surface area contributed by atoms with E-state index in [1.54, 1.807) is 6.07 Å². The maximum Gasteiger partial charge on any atom is 0.255 e. The molecule has 2 aromatic rings. The Morgan fingerprint density at radius 3 is 2.90 bits per heavy atom. The second-order valence-corrected chi connectivity index (χ2v) is 5.73. The van der Waals surface area contributed by atoms with Crippen LogP contribution in [0.2, 0.25) is 0 Å². The molecule has 0 aromatic heterocycles. The quantitative estimate of drug-likeness (QED) is 0.793. The molecule has 3 N–H and O–H groups in total. The van der Waals surface area contributed by atoms with Crippen LogP contribution in [0.3, 0.4) is 0 Å². The van der Waals surface area contributed by atoms with Crippen molar-refractivity contribution in [2.24, 2.45) is 0 Å². The lowest BCUT2D eigenvalue weighted by molar-refractivity contribution is 0.0923. The molecule has 0 saturated carbocycles. The average molecular weight is 284 g/mol. The Morgan fingerprint density at radius 2 is 2.10 bits per heavy atom. The van der Waals surface area contributed by atoms with Gasteiger partial charge in [-0.25, -0.2) is 0 Å². The maximum atomic E-state index is 12.4. The first-order valence-corrected chi connectivity index (χ1v) is 7.40. The molecule has 2 unspecified atom stereocenters. The number of hydrogen-bond acceptors (Lipinski definition) is 3. The molecule has 0 spiro atoms. The summed E-state index contributed by atoms with van der Waals surface area (Å²) in [6.07, 6.45) is 1.84. The van der Waals surface area contributed by atoms with Gasteiger partial charge < -0.3 is 15.7 Å². The smallest absolute Gasteiger partial charge is 0.255 e. The third-order valence-corrected chi connectivity index (χ3v) is 4.10. The highest BCUT2D eigenvalue weighted by Crippen LogP contribution is 2.28. The first-order chi connectivity index (χ1) is 10.1. The fraction of sp³-hybridized carbons (Fsp3) is 0.353. The number of rotatable bonds is 2. The molecule has 21 heavy (non-hydrogen) atoms. The van der Waals surface area contributed by atoms with Gasteiger partial charge in [0.1, 0.15) is 5.75 Å². The molecule has 1 heterocycles. The van der Waals surface area contributed by atoms with Crippen LogP contribution in [0.1, 0.15) is 30.1 Å². The van der Waals surface area contributed by atoms with Crippen molar-refractivity contribution in [2.75, 3.05) is 6.54 Å². The van der Waals surface area contributed by atoms with E-state index in [0.29, 0.717) is 17.0 Å². The van der Waals surface area contributed by atoms with Gasteiger partial charge in [-0.05, 0) is 37.8 Å². The molecule has 1 aliphatic heterocycles. The summed E-state index contributed by atoms with van der Waals surface area (Å²) >= 11 is 0. The summed E-state index contributed by atoms with van der Waals surface area (Å²) in [4.78, 5) is 12.4. The Bertz CT molecular complexity index is 669. The van der Waals surface area contributed by atoms with Crippen LogP contribution in [0.5, 0.6) is 5.75 Å². The van der Waals surface area contributed by atoms with E-state index in [0.717, 1.165) is 24.8 Å². The molecule has 0 bridgehead atoms. The minimum atomic E-state index is -0.197. The number of nitrogens with one attached hydrogen (secondary N) is 2. The third-order valence-electron chi connectivity index (χ3n) is 4.10. The monoisotopic (exact) mass is 284 g/mol. The van der Waals surface area contributed by atoms with Gasteiger partial charge in [0, 0.05) is 17.5 Å². The standard InChI is InChI=1S/C17H20N2O2/c1-11-10-13(8-9-18-11)19-17(21)15-7-6-12-4-2-3-5-14(12)16(15)20/h2-7,11,13,18,20H,8-10H2,1H3,(H,19,21). The summed E-state index contributed by atoms with van der Waals surface area (Å²) < 4.78 is 0. The fourth-order valence-electron chi connectivity index (χ4n) is 2.96. The van der Waals surface area contributed by atoms with Crippen LogP contribution >= 0.6 is 0 Å². The second kappa shape index (κ2) is 5.74. The van der Waals surface area contributed by atoms with Crippen molar-refractivity contribution in [2.45, 2.75) is 31.8 Å². The Morgan fingerprint density at radius 1 is 1.29 bits per heavy atom. The average Bonchev–Trinajstić information content (AvgIpc) is 2.48. The van der Waals surface area contributed by atoms with E-state index >= 15 is 0 Å². The van der Waals surface area contributed by atoms with E-state index in [1.165, 1.54) is 0 Å². The van der Waals surface area contributed by atoms with Crippen molar-refractivity contribution in [3.63, 3.8) is 0 Å². The minimum absolute atomic E-state index is 0.0626. The van der Waals surface area contributed by atoms with Crippen LogP contribution in [0.15, 0.2) is 36.4 Å². The molecule has 2 aromatic carbocycles. The van der Waals surface area contributed by atoms with Crippen molar-refractivity contribution in [1.82, 2.24) is 10.6 Å². The van der Waals surface area contributed by atoms with Crippen LogP contribution in [-0.2, 0) is 0 Å². The van der Waals surface area contributed by atoms with Gasteiger partial charge in [-0.15, -0.1) is 0 Å². The van der Waals surface area contributed by atoms with Gasteiger partial charge in [0.2, 0.25) is 0 Å². The van der Waals surface area contributed by atoms with E-state index in [2.05, 4.69) is 17.6 Å². The Kier molecular flexibility index (Phi) is 3.80. The summed E-state index contributed by atoms with van der Waals surface area (Å²) in [5, 5.41) is 18.4. The number of fused-ring (bicyclic) bond motifs is 1. The van der Waals surface area contributed by atoms with E-state index in [-0.39, 0.29) is 17.7 Å². The lowest BCUT2D eigenvalue weighted by Crippen LogP contribution is -2.46. The number of hydrogen-bond donors (Lipinski definition) is 3. The molecular weight excluding hydrogens is 264 g/mol. The molecular formula is C17H20N2O2. The summed E-state index contributed by atoms with van der Waals surface area (Å²) in [6, 6.07) is 11.7. The van der Waals surface area contributed by atoms with E-state index in [4.69, 9.17) is 0 Å². The molecule has 1 amide bonds. The van der Waals surface area contributed by atoms with Crippen molar-refractivity contribution in [3.8, 4) is 5.75 Å². The lowest BCUT2D eigenvalue weighted by atomic mass is 9.99. The predicted octanol–water partition coefficient (Wildman–Crippen LogP) is 2.42. The highest BCUT2D eigenvalue weighted by atomic mass is 16.3. The van der Waals surface area contributed by atoms with Crippen LogP contribution in [0.4, 0.5) is 0 Å². The molecule has 1 aliphatic rings. The van der Waals surface area contributed by atoms with Crippen molar-refractivity contribution in [1.29, 1.82) is 0 Å². The Balaban J connectivity index is 1.83. The summed E-state index contributed by atoms with van der Waals surface area (Å²) in [7, 11) is 0. The normalized spacial score (nSPS) is 22.1. The molecule has 2 atom stereocenters. The Hall–Kier alpha value is -2.07. The maximum absolute atomic E-state index is 12.4. The lowest BCUT2D eigenvalue weighted by Gasteiger charge is -2.28. The van der Waals surface area contributed by atoms with Crippen molar-refractivity contribution < 1.29 is 9.90 Å². The van der Waals surface area contributed by atoms with Gasteiger partial charge >= 0.3 is 0 Å². The molecule has 110 valence electrons. The molecule has 1 saturated heterocycles. The van der Waals surface area contributed by atoms with Gasteiger partial charge in [0.15, 0.2) is 0 Å². The molecule has 3 rings (SSSR count). The van der Waals surface area contributed by atoms with E-state index in [1.807, 2.05) is 30.3 Å². The zero-order chi connectivity index (χ0) is 14.8.